The standard InChI is InChI=1S/C10H20N2O4S2/c1-17(13,14)6-7-18(15,16)12-5-4-9-2-3-10(8-12)11-9/h9-11H,2-8H2,1H3. The third-order valence-corrected chi connectivity index (χ3v) is 6.63. The van der Waals surface area contributed by atoms with E-state index in [-0.39, 0.29) is 17.5 Å². The monoisotopic (exact) mass is 296 g/mol. The van der Waals surface area contributed by atoms with E-state index in [2.05, 4.69) is 5.32 Å². The van der Waals surface area contributed by atoms with Crippen molar-refractivity contribution < 1.29 is 16.8 Å². The summed E-state index contributed by atoms with van der Waals surface area (Å²) in [5, 5.41) is 3.40. The molecule has 0 amide bonds. The SMILES string of the molecule is CS(=O)(=O)CCS(=O)(=O)N1CCC2CCC(C1)N2. The van der Waals surface area contributed by atoms with Crippen molar-refractivity contribution in [3.05, 3.63) is 0 Å². The molecule has 2 heterocycles. The largest absolute Gasteiger partial charge is 0.310 e. The van der Waals surface area contributed by atoms with E-state index in [0.717, 1.165) is 25.5 Å². The Morgan fingerprint density at radius 3 is 2.39 bits per heavy atom. The maximum absolute atomic E-state index is 12.1. The van der Waals surface area contributed by atoms with E-state index in [0.29, 0.717) is 19.1 Å². The van der Waals surface area contributed by atoms with Crippen LogP contribution in [0.4, 0.5) is 0 Å². The molecule has 0 spiro atoms. The first-order chi connectivity index (χ1) is 8.26. The van der Waals surface area contributed by atoms with Crippen LogP contribution in [0.1, 0.15) is 19.3 Å². The lowest BCUT2D eigenvalue weighted by Crippen LogP contribution is -2.41. The molecule has 2 saturated heterocycles. The van der Waals surface area contributed by atoms with Crippen LogP contribution >= 0.6 is 0 Å². The van der Waals surface area contributed by atoms with Gasteiger partial charge >= 0.3 is 0 Å². The van der Waals surface area contributed by atoms with Crippen molar-refractivity contribution in [1.29, 1.82) is 0 Å². The maximum Gasteiger partial charge on any atom is 0.215 e. The third kappa shape index (κ3) is 3.66. The first-order valence-corrected chi connectivity index (χ1v) is 9.85. The number of sulfonamides is 1. The first kappa shape index (κ1) is 14.2. The number of fused-ring (bicyclic) bond motifs is 2. The molecule has 8 heteroatoms. The van der Waals surface area contributed by atoms with Crippen LogP contribution in [-0.4, -0.2) is 64.1 Å². The Morgan fingerprint density at radius 1 is 1.06 bits per heavy atom. The van der Waals surface area contributed by atoms with Crippen molar-refractivity contribution in [2.24, 2.45) is 0 Å². The van der Waals surface area contributed by atoms with Gasteiger partial charge in [-0.1, -0.05) is 0 Å². The third-order valence-electron chi connectivity index (χ3n) is 3.59. The Balaban J connectivity index is 2.01. The fraction of sp³-hybridized carbons (Fsp3) is 1.00. The molecule has 0 aromatic carbocycles. The summed E-state index contributed by atoms with van der Waals surface area (Å²) in [6.07, 6.45) is 3.99. The van der Waals surface area contributed by atoms with Gasteiger partial charge in [-0.2, -0.15) is 0 Å². The summed E-state index contributed by atoms with van der Waals surface area (Å²) in [4.78, 5) is 0. The van der Waals surface area contributed by atoms with E-state index in [1.54, 1.807) is 0 Å². The summed E-state index contributed by atoms with van der Waals surface area (Å²) in [6.45, 7) is 0.975. The van der Waals surface area contributed by atoms with Crippen LogP contribution in [0, 0.1) is 0 Å². The lowest BCUT2D eigenvalue weighted by Gasteiger charge is -2.23. The van der Waals surface area contributed by atoms with Crippen LogP contribution in [0.3, 0.4) is 0 Å². The van der Waals surface area contributed by atoms with Crippen molar-refractivity contribution in [3.63, 3.8) is 0 Å². The Morgan fingerprint density at radius 2 is 1.72 bits per heavy atom. The van der Waals surface area contributed by atoms with Crippen molar-refractivity contribution in [2.45, 2.75) is 31.3 Å². The van der Waals surface area contributed by atoms with Gasteiger partial charge in [-0.25, -0.2) is 21.1 Å². The predicted octanol–water partition coefficient (Wildman–Crippen LogP) is -0.813. The zero-order valence-electron chi connectivity index (χ0n) is 10.5. The van der Waals surface area contributed by atoms with Gasteiger partial charge in [0.2, 0.25) is 10.0 Å². The molecule has 2 rings (SSSR count). The highest BCUT2D eigenvalue weighted by Gasteiger charge is 2.34. The zero-order valence-corrected chi connectivity index (χ0v) is 12.1. The van der Waals surface area contributed by atoms with Crippen LogP contribution in [0.25, 0.3) is 0 Å². The Labute approximate surface area is 109 Å². The Hall–Kier alpha value is -0.180. The summed E-state index contributed by atoms with van der Waals surface area (Å²) in [5.74, 6) is -0.601. The van der Waals surface area contributed by atoms with E-state index < -0.39 is 19.9 Å². The summed E-state index contributed by atoms with van der Waals surface area (Å²) in [7, 11) is -6.69. The molecule has 0 aliphatic carbocycles. The minimum absolute atomic E-state index is 0.227. The van der Waals surface area contributed by atoms with Crippen molar-refractivity contribution in [2.75, 3.05) is 30.9 Å². The normalized spacial score (nSPS) is 30.3. The predicted molar refractivity (Wildman–Crippen MR) is 69.6 cm³/mol. The Bertz CT molecular complexity index is 500. The topological polar surface area (TPSA) is 83.5 Å². The zero-order chi connectivity index (χ0) is 13.4. The van der Waals surface area contributed by atoms with E-state index in [9.17, 15) is 16.8 Å². The molecular weight excluding hydrogens is 276 g/mol. The second-order valence-corrected chi connectivity index (χ2v) is 9.58. The molecule has 0 aromatic heterocycles. The molecule has 2 bridgehead atoms. The molecule has 1 N–H and O–H groups in total. The highest BCUT2D eigenvalue weighted by molar-refractivity contribution is 7.93. The lowest BCUT2D eigenvalue weighted by molar-refractivity contribution is 0.384. The number of sulfone groups is 1. The summed E-state index contributed by atoms with van der Waals surface area (Å²) in [6, 6.07) is 0.649. The minimum atomic E-state index is -3.45. The highest BCUT2D eigenvalue weighted by Crippen LogP contribution is 2.22. The van der Waals surface area contributed by atoms with Crippen LogP contribution in [0.5, 0.6) is 0 Å². The second-order valence-electron chi connectivity index (χ2n) is 5.23. The molecule has 2 atom stereocenters. The number of nitrogens with zero attached hydrogens (tertiary/aromatic N) is 1. The summed E-state index contributed by atoms with van der Waals surface area (Å²) in [5.41, 5.74) is 0. The van der Waals surface area contributed by atoms with Crippen molar-refractivity contribution in [3.8, 4) is 0 Å². The molecule has 2 aliphatic heterocycles. The number of hydrogen-bond acceptors (Lipinski definition) is 5. The Kier molecular flexibility index (Phi) is 4.01. The van der Waals surface area contributed by atoms with Gasteiger partial charge in [0.05, 0.1) is 11.5 Å². The van der Waals surface area contributed by atoms with Gasteiger partial charge in [0.15, 0.2) is 0 Å². The molecule has 2 fully saturated rings. The van der Waals surface area contributed by atoms with E-state index in [1.165, 1.54) is 4.31 Å². The molecule has 18 heavy (non-hydrogen) atoms. The van der Waals surface area contributed by atoms with Gasteiger partial charge < -0.3 is 5.32 Å². The molecule has 6 nitrogen and oxygen atoms in total. The van der Waals surface area contributed by atoms with Gasteiger partial charge in [-0.15, -0.1) is 0 Å². The van der Waals surface area contributed by atoms with Gasteiger partial charge in [0.25, 0.3) is 0 Å². The fourth-order valence-corrected chi connectivity index (χ4v) is 5.65. The molecule has 0 radical (unpaired) electrons. The highest BCUT2D eigenvalue weighted by atomic mass is 32.2. The quantitative estimate of drug-likeness (QED) is 0.733. The molecule has 2 unspecified atom stereocenters. The van der Waals surface area contributed by atoms with Crippen molar-refractivity contribution in [1.82, 2.24) is 9.62 Å². The number of nitrogens with one attached hydrogen (secondary N) is 1. The average molecular weight is 296 g/mol. The molecule has 0 aromatic rings. The smallest absolute Gasteiger partial charge is 0.215 e. The van der Waals surface area contributed by atoms with Gasteiger partial charge in [-0.05, 0) is 19.3 Å². The fourth-order valence-electron chi connectivity index (χ4n) is 2.55. The van der Waals surface area contributed by atoms with Crippen LogP contribution in [0.15, 0.2) is 0 Å². The van der Waals surface area contributed by atoms with Crippen LogP contribution < -0.4 is 5.32 Å². The van der Waals surface area contributed by atoms with Crippen LogP contribution in [-0.2, 0) is 19.9 Å². The number of rotatable bonds is 4. The summed E-state index contributed by atoms with van der Waals surface area (Å²) >= 11 is 0. The maximum atomic E-state index is 12.1. The van der Waals surface area contributed by atoms with Gasteiger partial charge in [0, 0.05) is 31.4 Å². The number of hydrogen-bond donors (Lipinski definition) is 1. The lowest BCUT2D eigenvalue weighted by atomic mass is 10.1. The molecule has 2 aliphatic rings. The molecule has 0 saturated carbocycles. The van der Waals surface area contributed by atoms with Gasteiger partial charge in [-0.3, -0.25) is 0 Å². The van der Waals surface area contributed by atoms with E-state index in [1.807, 2.05) is 0 Å². The van der Waals surface area contributed by atoms with Crippen LogP contribution in [0.2, 0.25) is 0 Å². The van der Waals surface area contributed by atoms with Gasteiger partial charge in [0.1, 0.15) is 9.84 Å². The first-order valence-electron chi connectivity index (χ1n) is 6.18. The molecule has 106 valence electrons. The summed E-state index contributed by atoms with van der Waals surface area (Å²) < 4.78 is 47.8. The van der Waals surface area contributed by atoms with E-state index in [4.69, 9.17) is 0 Å². The average Bonchev–Trinajstić information content (AvgIpc) is 2.54. The second kappa shape index (κ2) is 5.07. The van der Waals surface area contributed by atoms with E-state index >= 15 is 0 Å². The van der Waals surface area contributed by atoms with Crippen molar-refractivity contribution >= 4 is 19.9 Å². The minimum Gasteiger partial charge on any atom is -0.310 e. The molecular formula is C10H20N2O4S2.